The molecule has 3 N–H and O–H groups in total. The topological polar surface area (TPSA) is 130 Å². The van der Waals surface area contributed by atoms with Crippen LogP contribution in [0, 0.1) is 5.21 Å². The first kappa shape index (κ1) is 29.0. The molecule has 0 radical (unpaired) electrons. The Balaban J connectivity index is 1.27. The van der Waals surface area contributed by atoms with Crippen molar-refractivity contribution in [3.63, 3.8) is 0 Å². The Morgan fingerprint density at radius 3 is 2.57 bits per heavy atom. The minimum absolute atomic E-state index is 0.124. The molecule has 2 heterocycles. The van der Waals surface area contributed by atoms with Gasteiger partial charge in [-0.3, -0.25) is 9.36 Å². The Kier molecular flexibility index (Phi) is 7.81. The number of aromatic nitrogens is 2. The van der Waals surface area contributed by atoms with Crippen molar-refractivity contribution in [2.45, 2.75) is 25.5 Å². The van der Waals surface area contributed by atoms with Crippen molar-refractivity contribution in [1.82, 2.24) is 9.13 Å². The lowest BCUT2D eigenvalue weighted by atomic mass is 10.2. The second kappa shape index (κ2) is 11.9. The van der Waals surface area contributed by atoms with Crippen LogP contribution < -0.4 is 26.4 Å². The van der Waals surface area contributed by atoms with Gasteiger partial charge in [-0.25, -0.2) is 14.4 Å². The molecule has 44 heavy (non-hydrogen) atoms. The normalized spacial score (nSPS) is 15.7. The Morgan fingerprint density at radius 1 is 1.09 bits per heavy atom. The second-order valence-electron chi connectivity index (χ2n) is 11.2. The van der Waals surface area contributed by atoms with Crippen molar-refractivity contribution >= 4 is 23.2 Å². The van der Waals surface area contributed by atoms with Crippen molar-refractivity contribution in [2.75, 3.05) is 37.5 Å². The number of nitrogens with two attached hydrogens (primary N) is 1. The zero-order valence-corrected chi connectivity index (χ0v) is 24.7. The van der Waals surface area contributed by atoms with Crippen molar-refractivity contribution in [3.8, 4) is 17.1 Å². The van der Waals surface area contributed by atoms with Gasteiger partial charge in [0.1, 0.15) is 36.4 Å². The van der Waals surface area contributed by atoms with E-state index in [-0.39, 0.29) is 41.3 Å². The monoisotopic (exact) mass is 593 g/mol. The molecule has 0 spiro atoms. The molecule has 0 saturated heterocycles. The molecule has 1 amide bonds. The summed E-state index contributed by atoms with van der Waals surface area (Å²) in [6.45, 7) is 0.889. The Bertz CT molecular complexity index is 1790. The van der Waals surface area contributed by atoms with Crippen LogP contribution in [0.1, 0.15) is 24.1 Å². The molecule has 2 aliphatic rings. The molecule has 0 bridgehead atoms. The van der Waals surface area contributed by atoms with E-state index < -0.39 is 0 Å². The molecule has 11 heteroatoms. The largest absolute Gasteiger partial charge is 0.633 e. The van der Waals surface area contributed by atoms with E-state index in [1.807, 2.05) is 42.5 Å². The number of aliphatic imine (C=N–C) groups is 1. The molecule has 6 rings (SSSR count). The predicted octanol–water partition coefficient (Wildman–Crippen LogP) is 3.92. The van der Waals surface area contributed by atoms with Crippen LogP contribution in [0.5, 0.6) is 5.75 Å². The first-order chi connectivity index (χ1) is 21.2. The quantitative estimate of drug-likeness (QED) is 0.163. The third-order valence-electron chi connectivity index (χ3n) is 7.99. The fourth-order valence-corrected chi connectivity index (χ4v) is 5.30. The number of imidazole rings is 1. The van der Waals surface area contributed by atoms with Crippen LogP contribution in [-0.2, 0) is 11.4 Å². The number of nitrogens with zero attached hydrogens (tertiary/aromatic N) is 5. The predicted molar refractivity (Wildman–Crippen MR) is 171 cm³/mol. The number of amidine groups is 1. The van der Waals surface area contributed by atoms with Gasteiger partial charge < -0.3 is 30.5 Å². The van der Waals surface area contributed by atoms with Gasteiger partial charge >= 0.3 is 5.69 Å². The van der Waals surface area contributed by atoms with Crippen LogP contribution in [0.4, 0.5) is 11.5 Å². The van der Waals surface area contributed by atoms with Crippen LogP contribution in [0.25, 0.3) is 11.4 Å². The van der Waals surface area contributed by atoms with Gasteiger partial charge in [-0.1, -0.05) is 36.4 Å². The number of nitrogens with one attached hydrogen (secondary N) is 1. The molecule has 11 nitrogen and oxygen atoms in total. The number of likely N-dealkylation sites (N-methyl/N-ethyl adjacent to an activating group) is 2. The Labute approximate surface area is 255 Å². The first-order valence-corrected chi connectivity index (χ1v) is 14.5. The highest BCUT2D eigenvalue weighted by molar-refractivity contribution is 6.03. The molecule has 226 valence electrons. The zero-order chi connectivity index (χ0) is 30.8. The highest BCUT2D eigenvalue weighted by atomic mass is 16.5. The highest BCUT2D eigenvalue weighted by Gasteiger charge is 2.34. The maximum absolute atomic E-state index is 14.0. The summed E-state index contributed by atoms with van der Waals surface area (Å²) < 4.78 is 8.61. The van der Waals surface area contributed by atoms with Gasteiger partial charge in [-0.15, -0.1) is 0 Å². The van der Waals surface area contributed by atoms with Crippen molar-refractivity contribution in [1.29, 1.82) is 0 Å². The molecule has 4 aromatic rings. The molecule has 1 aliphatic heterocycles. The molecule has 1 aromatic heterocycles. The third-order valence-corrected chi connectivity index (χ3v) is 7.99. The minimum atomic E-state index is -0.364. The third kappa shape index (κ3) is 5.87. The van der Waals surface area contributed by atoms with Crippen LogP contribution in [0.3, 0.4) is 0 Å². The average molecular weight is 594 g/mol. The fourth-order valence-electron chi connectivity index (χ4n) is 5.30. The van der Waals surface area contributed by atoms with E-state index in [0.717, 1.165) is 18.4 Å². The number of carbonyl (C=O) groups is 1. The minimum Gasteiger partial charge on any atom is -0.633 e. The molecule has 1 atom stereocenters. The Morgan fingerprint density at radius 2 is 1.84 bits per heavy atom. The van der Waals surface area contributed by atoms with Crippen LogP contribution in [-0.4, -0.2) is 58.9 Å². The maximum atomic E-state index is 14.0. The molecule has 1 unspecified atom stereocenters. The maximum Gasteiger partial charge on any atom is 0.339 e. The number of carbonyl (C=O) groups excluding carboxylic acids is 1. The van der Waals surface area contributed by atoms with Crippen molar-refractivity contribution in [2.24, 2.45) is 10.7 Å². The zero-order valence-electron chi connectivity index (χ0n) is 24.7. The number of hydroxylamine groups is 3. The van der Waals surface area contributed by atoms with Crippen molar-refractivity contribution < 1.29 is 14.2 Å². The number of hydrogen-bond donors (Lipinski definition) is 2. The molecular weight excluding hydrogens is 558 g/mol. The van der Waals surface area contributed by atoms with E-state index >= 15 is 0 Å². The summed E-state index contributed by atoms with van der Waals surface area (Å²) in [7, 11) is 3.30. The smallest absolute Gasteiger partial charge is 0.339 e. The summed E-state index contributed by atoms with van der Waals surface area (Å²) >= 11 is 0. The standard InChI is InChI=1S/C33H35N7O4/c1-37(29(41)12-7-19-40(2,43)27-15-16-27)25-10-6-11-26(20-25)39-32-30(31(34)35-22-36-32)38(33(39)42)24-13-17-28(18-14-24)44-21-23-8-4-3-5-9-23/h3-14,17-18,20,27,36H,15-16,19,21-22H2,1-2H3,(H2,34,35). The number of hydrogen-bond acceptors (Lipinski definition) is 7. The average Bonchev–Trinajstić information content (AvgIpc) is 3.85. The summed E-state index contributed by atoms with van der Waals surface area (Å²) in [5, 5.41) is 15.8. The number of amides is 1. The van der Waals surface area contributed by atoms with Crippen LogP contribution in [0.2, 0.25) is 0 Å². The van der Waals surface area contributed by atoms with Gasteiger partial charge in [-0.05, 0) is 54.1 Å². The van der Waals surface area contributed by atoms with E-state index in [1.54, 1.807) is 56.6 Å². The number of anilines is 2. The van der Waals surface area contributed by atoms with Gasteiger partial charge in [-0.2, -0.15) is 0 Å². The van der Waals surface area contributed by atoms with Crippen molar-refractivity contribution in [3.05, 3.63) is 118 Å². The lowest BCUT2D eigenvalue weighted by Crippen LogP contribution is -2.40. The first-order valence-electron chi connectivity index (χ1n) is 14.5. The van der Waals surface area contributed by atoms with Gasteiger partial charge in [0.25, 0.3) is 5.91 Å². The summed E-state index contributed by atoms with van der Waals surface area (Å²) in [4.78, 5) is 32.8. The molecular formula is C33H35N7O4. The lowest BCUT2D eigenvalue weighted by Gasteiger charge is -2.38. The SMILES string of the molecule is CN(C(=O)C=CC[N+](C)([O-])C1CC1)c1cccc(-n2c3c(n(-c4ccc(OCc5ccccc5)cc4)c2=O)C(N)=NCN3)c1. The fraction of sp³-hybridized carbons (Fsp3) is 0.242. The number of benzene rings is 3. The van der Waals surface area contributed by atoms with E-state index in [4.69, 9.17) is 10.5 Å². The summed E-state index contributed by atoms with van der Waals surface area (Å²) in [5.74, 6) is 1.14. The Hall–Kier alpha value is -5.13. The summed E-state index contributed by atoms with van der Waals surface area (Å²) in [6, 6.07) is 24.4. The van der Waals surface area contributed by atoms with E-state index in [1.165, 1.54) is 20.1 Å². The van der Waals surface area contributed by atoms with E-state index in [0.29, 0.717) is 40.9 Å². The molecule has 1 fully saturated rings. The molecule has 1 aliphatic carbocycles. The summed E-state index contributed by atoms with van der Waals surface area (Å²) in [5.41, 5.74) is 9.23. The number of quaternary nitrogens is 1. The van der Waals surface area contributed by atoms with E-state index in [2.05, 4.69) is 10.3 Å². The number of fused-ring (bicyclic) bond motifs is 1. The second-order valence-corrected chi connectivity index (χ2v) is 11.2. The molecule has 1 saturated carbocycles. The van der Waals surface area contributed by atoms with Crippen LogP contribution >= 0.6 is 0 Å². The van der Waals surface area contributed by atoms with Gasteiger partial charge in [0, 0.05) is 31.7 Å². The van der Waals surface area contributed by atoms with Gasteiger partial charge in [0.05, 0.1) is 31.0 Å². The molecule has 3 aromatic carbocycles. The lowest BCUT2D eigenvalue weighted by molar-refractivity contribution is -0.865. The number of ether oxygens (including phenoxy) is 1. The van der Waals surface area contributed by atoms with Crippen LogP contribution in [0.15, 0.2) is 101 Å². The number of rotatable bonds is 10. The highest BCUT2D eigenvalue weighted by Crippen LogP contribution is 2.31. The van der Waals surface area contributed by atoms with E-state index in [9.17, 15) is 14.8 Å². The van der Waals surface area contributed by atoms with Gasteiger partial charge in [0.15, 0.2) is 0 Å². The summed E-state index contributed by atoms with van der Waals surface area (Å²) in [6.07, 6.45) is 4.93. The van der Waals surface area contributed by atoms with Gasteiger partial charge in [0.2, 0.25) is 0 Å².